The monoisotopic (exact) mass is 202 g/mol. The summed E-state index contributed by atoms with van der Waals surface area (Å²) in [6.45, 7) is 0.266. The molecule has 1 atom stereocenters. The number of rotatable bonds is 5. The van der Waals surface area contributed by atoms with Gasteiger partial charge in [0.1, 0.15) is 0 Å². The van der Waals surface area contributed by atoms with Gasteiger partial charge in [0.2, 0.25) is 6.33 Å². The Bertz CT molecular complexity index is 313. The summed E-state index contributed by atoms with van der Waals surface area (Å²) in [5.74, 6) is -0.477. The zero-order valence-corrected chi connectivity index (χ0v) is 7.53. The van der Waals surface area contributed by atoms with Crippen LogP contribution in [-0.2, 0) is 11.3 Å². The number of aromatic nitrogens is 3. The molecule has 0 bridgehead atoms. The van der Waals surface area contributed by atoms with Crippen LogP contribution in [0.4, 0.5) is 5.95 Å². The molecule has 0 saturated carbocycles. The molecule has 78 valence electrons. The topological polar surface area (TPSA) is 103 Å². The highest BCUT2D eigenvalue weighted by molar-refractivity contribution is 4.96. The van der Waals surface area contributed by atoms with Gasteiger partial charge in [0.15, 0.2) is 0 Å². The van der Waals surface area contributed by atoms with E-state index in [9.17, 15) is 15.2 Å². The fraction of sp³-hybridized carbons (Fsp3) is 0.667. The van der Waals surface area contributed by atoms with E-state index in [1.54, 1.807) is 0 Å². The molecule has 8 heteroatoms. The molecule has 0 saturated heterocycles. The molecule has 0 amide bonds. The molecule has 1 N–H and O–H groups in total. The van der Waals surface area contributed by atoms with E-state index in [2.05, 4.69) is 14.8 Å². The van der Waals surface area contributed by atoms with Crippen LogP contribution in [0.5, 0.6) is 0 Å². The molecule has 14 heavy (non-hydrogen) atoms. The Morgan fingerprint density at radius 1 is 1.86 bits per heavy atom. The molecule has 0 aromatic carbocycles. The van der Waals surface area contributed by atoms with Crippen molar-refractivity contribution in [1.82, 2.24) is 14.8 Å². The molecule has 0 spiro atoms. The molecule has 0 aliphatic carbocycles. The Morgan fingerprint density at radius 3 is 3.07 bits per heavy atom. The van der Waals surface area contributed by atoms with Gasteiger partial charge in [0, 0.05) is 12.2 Å². The van der Waals surface area contributed by atoms with Crippen molar-refractivity contribution in [3.8, 4) is 0 Å². The van der Waals surface area contributed by atoms with Gasteiger partial charge in [-0.2, -0.15) is 4.68 Å². The molecule has 0 radical (unpaired) electrons. The molecule has 1 heterocycles. The summed E-state index contributed by atoms with van der Waals surface area (Å²) in [6, 6.07) is 0. The highest BCUT2D eigenvalue weighted by Crippen LogP contribution is 2.00. The minimum Gasteiger partial charge on any atom is -0.390 e. The Morgan fingerprint density at radius 2 is 2.57 bits per heavy atom. The third kappa shape index (κ3) is 2.75. The number of aliphatic hydroxyl groups is 1. The van der Waals surface area contributed by atoms with Gasteiger partial charge in [0.25, 0.3) is 0 Å². The third-order valence-electron chi connectivity index (χ3n) is 1.44. The number of methoxy groups -OCH3 is 1. The van der Waals surface area contributed by atoms with Gasteiger partial charge in [-0.1, -0.05) is 4.98 Å². The molecule has 0 fully saturated rings. The third-order valence-corrected chi connectivity index (χ3v) is 1.44. The molecular formula is C6H10N4O4. The number of nitrogens with zero attached hydrogens (tertiary/aromatic N) is 4. The van der Waals surface area contributed by atoms with Crippen molar-refractivity contribution in [1.29, 1.82) is 0 Å². The van der Waals surface area contributed by atoms with E-state index in [-0.39, 0.29) is 13.2 Å². The number of ether oxygens (including phenoxy) is 1. The predicted molar refractivity (Wildman–Crippen MR) is 44.6 cm³/mol. The molecule has 0 aliphatic rings. The second-order valence-electron chi connectivity index (χ2n) is 2.63. The largest absolute Gasteiger partial charge is 0.490 e. The summed E-state index contributed by atoms with van der Waals surface area (Å²) in [6.07, 6.45) is 0.443. The highest BCUT2D eigenvalue weighted by atomic mass is 16.6. The second-order valence-corrected chi connectivity index (χ2v) is 2.63. The first-order valence-corrected chi connectivity index (χ1v) is 3.84. The summed E-state index contributed by atoms with van der Waals surface area (Å²) in [4.78, 5) is 12.9. The molecule has 1 rings (SSSR count). The molecule has 1 unspecified atom stereocenters. The minimum absolute atomic E-state index is 0.120. The smallest absolute Gasteiger partial charge is 0.390 e. The zero-order chi connectivity index (χ0) is 10.6. The molecule has 1 aromatic heterocycles. The van der Waals surface area contributed by atoms with Gasteiger partial charge in [-0.3, -0.25) is 0 Å². The van der Waals surface area contributed by atoms with Crippen molar-refractivity contribution >= 4 is 5.95 Å². The van der Waals surface area contributed by atoms with E-state index in [0.717, 1.165) is 0 Å². The van der Waals surface area contributed by atoms with Gasteiger partial charge in [0.05, 0.1) is 19.3 Å². The van der Waals surface area contributed by atoms with Crippen LogP contribution < -0.4 is 0 Å². The lowest BCUT2D eigenvalue weighted by molar-refractivity contribution is -0.394. The van der Waals surface area contributed by atoms with Crippen molar-refractivity contribution in [2.24, 2.45) is 0 Å². The number of aliphatic hydroxyl groups excluding tert-OH is 1. The minimum atomic E-state index is -0.749. The van der Waals surface area contributed by atoms with Gasteiger partial charge >= 0.3 is 5.95 Å². The number of hydrogen-bond acceptors (Lipinski definition) is 6. The number of nitro groups is 1. The van der Waals surface area contributed by atoms with Crippen molar-refractivity contribution < 1.29 is 14.8 Å². The molecule has 0 aliphatic heterocycles. The molecular weight excluding hydrogens is 192 g/mol. The average molecular weight is 202 g/mol. The van der Waals surface area contributed by atoms with Crippen LogP contribution in [-0.4, -0.2) is 44.6 Å². The van der Waals surface area contributed by atoms with E-state index in [0.29, 0.717) is 0 Å². The Hall–Kier alpha value is -1.54. The predicted octanol–water partition coefficient (Wildman–Crippen LogP) is -0.806. The van der Waals surface area contributed by atoms with Crippen molar-refractivity contribution in [3.63, 3.8) is 0 Å². The second kappa shape index (κ2) is 4.63. The summed E-state index contributed by atoms with van der Waals surface area (Å²) < 4.78 is 5.88. The van der Waals surface area contributed by atoms with Crippen molar-refractivity contribution in [3.05, 3.63) is 16.4 Å². The lowest BCUT2D eigenvalue weighted by Crippen LogP contribution is -2.21. The summed E-state index contributed by atoms with van der Waals surface area (Å²) in [5, 5.41) is 23.0. The SMILES string of the molecule is COCC(O)Cn1cnc([N+](=O)[O-])n1. The van der Waals surface area contributed by atoms with E-state index in [4.69, 9.17) is 0 Å². The summed E-state index contributed by atoms with van der Waals surface area (Å²) >= 11 is 0. The van der Waals surface area contributed by atoms with Crippen LogP contribution >= 0.6 is 0 Å². The fourth-order valence-corrected chi connectivity index (χ4v) is 0.917. The van der Waals surface area contributed by atoms with Crippen LogP contribution in [0.15, 0.2) is 6.33 Å². The van der Waals surface area contributed by atoms with Gasteiger partial charge in [-0.25, -0.2) is 0 Å². The highest BCUT2D eigenvalue weighted by Gasteiger charge is 2.15. The van der Waals surface area contributed by atoms with Crippen LogP contribution in [0.3, 0.4) is 0 Å². The Kier molecular flexibility index (Phi) is 3.48. The Labute approximate surface area is 79.3 Å². The first kappa shape index (κ1) is 10.5. The first-order valence-electron chi connectivity index (χ1n) is 3.84. The van der Waals surface area contributed by atoms with Crippen molar-refractivity contribution in [2.45, 2.75) is 12.6 Å². The normalized spacial score (nSPS) is 12.7. The average Bonchev–Trinajstić information content (AvgIpc) is 2.53. The number of hydrogen-bond donors (Lipinski definition) is 1. The van der Waals surface area contributed by atoms with Crippen LogP contribution in [0.2, 0.25) is 0 Å². The van der Waals surface area contributed by atoms with E-state index < -0.39 is 17.0 Å². The van der Waals surface area contributed by atoms with Crippen molar-refractivity contribution in [2.75, 3.05) is 13.7 Å². The Balaban J connectivity index is 2.55. The van der Waals surface area contributed by atoms with Gasteiger partial charge in [-0.05, 0) is 4.92 Å². The summed E-state index contributed by atoms with van der Waals surface area (Å²) in [5.41, 5.74) is 0. The van der Waals surface area contributed by atoms with Crippen LogP contribution in [0.25, 0.3) is 0 Å². The maximum absolute atomic E-state index is 10.2. The fourth-order valence-electron chi connectivity index (χ4n) is 0.917. The quantitative estimate of drug-likeness (QED) is 0.495. The van der Waals surface area contributed by atoms with Crippen LogP contribution in [0, 0.1) is 10.1 Å². The van der Waals surface area contributed by atoms with Crippen LogP contribution in [0.1, 0.15) is 0 Å². The van der Waals surface area contributed by atoms with Gasteiger partial charge < -0.3 is 20.0 Å². The van der Waals surface area contributed by atoms with E-state index in [1.807, 2.05) is 0 Å². The maximum atomic E-state index is 10.2. The molecule has 1 aromatic rings. The van der Waals surface area contributed by atoms with Gasteiger partial charge in [-0.15, -0.1) is 0 Å². The van der Waals surface area contributed by atoms with E-state index in [1.165, 1.54) is 18.1 Å². The van der Waals surface area contributed by atoms with E-state index >= 15 is 0 Å². The zero-order valence-electron chi connectivity index (χ0n) is 7.53. The maximum Gasteiger partial charge on any atom is 0.490 e. The lowest BCUT2D eigenvalue weighted by atomic mass is 10.4. The summed E-state index contributed by atoms with van der Waals surface area (Å²) in [7, 11) is 1.45. The molecule has 8 nitrogen and oxygen atoms in total. The standard InChI is InChI=1S/C6H10N4O4/c1-14-3-5(11)2-9-4-7-6(8-9)10(12)13/h4-5,11H,2-3H2,1H3. The first-order chi connectivity index (χ1) is 6.63. The lowest BCUT2D eigenvalue weighted by Gasteiger charge is -2.05.